The zero-order valence-corrected chi connectivity index (χ0v) is 10.6. The molecule has 0 spiro atoms. The van der Waals surface area contributed by atoms with Crippen LogP contribution in [-0.4, -0.2) is 24.2 Å². The summed E-state index contributed by atoms with van der Waals surface area (Å²) in [5, 5.41) is 0. The molecule has 3 rings (SSSR count). The van der Waals surface area contributed by atoms with E-state index >= 15 is 0 Å². The highest BCUT2D eigenvalue weighted by molar-refractivity contribution is 5.22. The summed E-state index contributed by atoms with van der Waals surface area (Å²) in [5.74, 6) is 0. The normalized spacial score (nSPS) is 31.1. The van der Waals surface area contributed by atoms with Crippen molar-refractivity contribution in [3.8, 4) is 0 Å². The van der Waals surface area contributed by atoms with E-state index in [1.807, 2.05) is 0 Å². The van der Waals surface area contributed by atoms with Crippen LogP contribution in [-0.2, 0) is 10.3 Å². The second-order valence-corrected chi connectivity index (χ2v) is 5.52. The number of rotatable bonds is 2. The molecule has 92 valence electrons. The first-order chi connectivity index (χ1) is 8.28. The summed E-state index contributed by atoms with van der Waals surface area (Å²) in [6.07, 6.45) is 5.24. The van der Waals surface area contributed by atoms with Gasteiger partial charge in [0.2, 0.25) is 0 Å². The molecule has 1 saturated heterocycles. The fourth-order valence-corrected chi connectivity index (χ4v) is 2.78. The van der Waals surface area contributed by atoms with Crippen molar-refractivity contribution >= 4 is 0 Å². The monoisotopic (exact) mass is 231 g/mol. The van der Waals surface area contributed by atoms with Crippen LogP contribution in [0, 0.1) is 0 Å². The molecule has 0 amide bonds. The highest BCUT2D eigenvalue weighted by atomic mass is 16.5. The van der Waals surface area contributed by atoms with Gasteiger partial charge in [-0.25, -0.2) is 0 Å². The predicted octanol–water partition coefficient (Wildman–Crippen LogP) is 3.13. The lowest BCUT2D eigenvalue weighted by Crippen LogP contribution is -2.49. The van der Waals surface area contributed by atoms with E-state index in [2.05, 4.69) is 42.2 Å². The molecular formula is C15H21NO. The fraction of sp³-hybridized carbons (Fsp3) is 0.600. The zero-order valence-electron chi connectivity index (χ0n) is 10.6. The van der Waals surface area contributed by atoms with Gasteiger partial charge in [0.15, 0.2) is 0 Å². The smallest absolute Gasteiger partial charge is 0.100 e. The molecule has 2 nitrogen and oxygen atoms in total. The van der Waals surface area contributed by atoms with Crippen molar-refractivity contribution in [2.45, 2.75) is 44.2 Å². The van der Waals surface area contributed by atoms with Gasteiger partial charge in [-0.05, 0) is 31.7 Å². The van der Waals surface area contributed by atoms with Gasteiger partial charge in [0.1, 0.15) is 6.73 Å². The van der Waals surface area contributed by atoms with E-state index in [1.165, 1.54) is 31.4 Å². The van der Waals surface area contributed by atoms with Crippen LogP contribution in [0.15, 0.2) is 30.3 Å². The maximum atomic E-state index is 6.15. The Kier molecular flexibility index (Phi) is 2.93. The van der Waals surface area contributed by atoms with Crippen molar-refractivity contribution < 1.29 is 4.74 Å². The van der Waals surface area contributed by atoms with Gasteiger partial charge in [-0.3, -0.25) is 4.90 Å². The molecule has 2 fully saturated rings. The number of nitrogens with zero attached hydrogens (tertiary/aromatic N) is 1. The van der Waals surface area contributed by atoms with E-state index in [0.717, 1.165) is 19.2 Å². The lowest BCUT2D eigenvalue weighted by atomic mass is 9.88. The molecule has 1 aliphatic heterocycles. The third kappa shape index (κ3) is 2.12. The third-order valence-electron chi connectivity index (χ3n) is 4.40. The van der Waals surface area contributed by atoms with Gasteiger partial charge in [0.05, 0.1) is 5.60 Å². The molecule has 2 heteroatoms. The summed E-state index contributed by atoms with van der Waals surface area (Å²) in [7, 11) is 0. The number of ether oxygens (including phenoxy) is 1. The zero-order chi connectivity index (χ0) is 11.7. The minimum absolute atomic E-state index is 0.0818. The van der Waals surface area contributed by atoms with Crippen LogP contribution < -0.4 is 0 Å². The Morgan fingerprint density at radius 3 is 2.53 bits per heavy atom. The Balaban J connectivity index is 1.67. The van der Waals surface area contributed by atoms with Crippen LogP contribution in [0.5, 0.6) is 0 Å². The topological polar surface area (TPSA) is 12.5 Å². The Morgan fingerprint density at radius 1 is 1.24 bits per heavy atom. The average molecular weight is 231 g/mol. The second kappa shape index (κ2) is 4.43. The highest BCUT2D eigenvalue weighted by Gasteiger charge is 2.36. The van der Waals surface area contributed by atoms with Gasteiger partial charge in [-0.1, -0.05) is 36.8 Å². The minimum Gasteiger partial charge on any atom is -0.355 e. The number of benzene rings is 1. The summed E-state index contributed by atoms with van der Waals surface area (Å²) in [6, 6.07) is 11.4. The molecule has 0 N–H and O–H groups in total. The Morgan fingerprint density at radius 2 is 2.00 bits per heavy atom. The van der Waals surface area contributed by atoms with Gasteiger partial charge < -0.3 is 4.74 Å². The summed E-state index contributed by atoms with van der Waals surface area (Å²) in [4.78, 5) is 2.51. The molecule has 0 radical (unpaired) electrons. The van der Waals surface area contributed by atoms with Gasteiger partial charge in [0.25, 0.3) is 0 Å². The molecule has 0 aromatic heterocycles. The predicted molar refractivity (Wildman–Crippen MR) is 68.7 cm³/mol. The van der Waals surface area contributed by atoms with Crippen molar-refractivity contribution in [1.29, 1.82) is 0 Å². The van der Waals surface area contributed by atoms with Crippen molar-refractivity contribution in [2.24, 2.45) is 0 Å². The van der Waals surface area contributed by atoms with Crippen molar-refractivity contribution in [3.05, 3.63) is 35.9 Å². The number of hydrogen-bond acceptors (Lipinski definition) is 2. The molecule has 0 bridgehead atoms. The summed E-state index contributed by atoms with van der Waals surface area (Å²) < 4.78 is 6.15. The van der Waals surface area contributed by atoms with Gasteiger partial charge in [0, 0.05) is 12.6 Å². The SMILES string of the molecule is CC1(c2ccccc2)CCN(C2CCC2)CO1. The number of hydrogen-bond donors (Lipinski definition) is 0. The van der Waals surface area contributed by atoms with Gasteiger partial charge in [-0.15, -0.1) is 0 Å². The maximum Gasteiger partial charge on any atom is 0.100 e. The molecule has 1 aromatic rings. The average Bonchev–Trinajstić information content (AvgIpc) is 2.31. The minimum atomic E-state index is -0.0818. The largest absolute Gasteiger partial charge is 0.355 e. The lowest BCUT2D eigenvalue weighted by Gasteiger charge is -2.45. The van der Waals surface area contributed by atoms with Crippen LogP contribution in [0.1, 0.15) is 38.2 Å². The Bertz CT molecular complexity index is 364. The fourth-order valence-electron chi connectivity index (χ4n) is 2.78. The maximum absolute atomic E-state index is 6.15. The summed E-state index contributed by atoms with van der Waals surface area (Å²) in [5.41, 5.74) is 1.23. The first kappa shape index (κ1) is 11.2. The molecule has 2 aliphatic rings. The molecule has 17 heavy (non-hydrogen) atoms. The standard InChI is InChI=1S/C15H21NO/c1-15(13-6-3-2-4-7-13)10-11-16(12-17-15)14-8-5-9-14/h2-4,6-7,14H,5,8-12H2,1H3. The Hall–Kier alpha value is -0.860. The van der Waals surface area contributed by atoms with Crippen LogP contribution >= 0.6 is 0 Å². The van der Waals surface area contributed by atoms with E-state index in [4.69, 9.17) is 4.74 Å². The second-order valence-electron chi connectivity index (χ2n) is 5.52. The molecular weight excluding hydrogens is 210 g/mol. The van der Waals surface area contributed by atoms with E-state index in [-0.39, 0.29) is 5.60 Å². The van der Waals surface area contributed by atoms with E-state index in [9.17, 15) is 0 Å². The first-order valence-electron chi connectivity index (χ1n) is 6.71. The van der Waals surface area contributed by atoms with Crippen LogP contribution in [0.4, 0.5) is 0 Å². The molecule has 1 atom stereocenters. The van der Waals surface area contributed by atoms with Gasteiger partial charge in [-0.2, -0.15) is 0 Å². The van der Waals surface area contributed by atoms with Crippen molar-refractivity contribution in [1.82, 2.24) is 4.90 Å². The molecule has 1 heterocycles. The van der Waals surface area contributed by atoms with Crippen molar-refractivity contribution in [3.63, 3.8) is 0 Å². The van der Waals surface area contributed by atoms with Crippen LogP contribution in [0.3, 0.4) is 0 Å². The van der Waals surface area contributed by atoms with Crippen LogP contribution in [0.2, 0.25) is 0 Å². The Labute approximate surface area is 104 Å². The van der Waals surface area contributed by atoms with E-state index < -0.39 is 0 Å². The van der Waals surface area contributed by atoms with Gasteiger partial charge >= 0.3 is 0 Å². The summed E-state index contributed by atoms with van der Waals surface area (Å²) in [6.45, 7) is 4.20. The molecule has 1 unspecified atom stereocenters. The highest BCUT2D eigenvalue weighted by Crippen LogP contribution is 2.35. The van der Waals surface area contributed by atoms with Crippen molar-refractivity contribution in [2.75, 3.05) is 13.3 Å². The van der Waals surface area contributed by atoms with Crippen LogP contribution in [0.25, 0.3) is 0 Å². The molecule has 1 saturated carbocycles. The molecule has 1 aromatic carbocycles. The first-order valence-corrected chi connectivity index (χ1v) is 6.71. The molecule has 1 aliphatic carbocycles. The summed E-state index contributed by atoms with van der Waals surface area (Å²) >= 11 is 0. The third-order valence-corrected chi connectivity index (χ3v) is 4.40. The quantitative estimate of drug-likeness (QED) is 0.775. The van der Waals surface area contributed by atoms with E-state index in [1.54, 1.807) is 0 Å². The van der Waals surface area contributed by atoms with E-state index in [0.29, 0.717) is 0 Å². The lowest BCUT2D eigenvalue weighted by molar-refractivity contribution is -0.152.